The molecule has 0 fully saturated rings. The molecule has 2 rings (SSSR count). The van der Waals surface area contributed by atoms with Crippen molar-refractivity contribution >= 4 is 39.1 Å². The Bertz CT molecular complexity index is 647. The Hall–Kier alpha value is -0.940. The van der Waals surface area contributed by atoms with Gasteiger partial charge >= 0.3 is 0 Å². The summed E-state index contributed by atoms with van der Waals surface area (Å²) in [6, 6.07) is 8.70. The van der Waals surface area contributed by atoms with E-state index in [-0.39, 0.29) is 13.2 Å². The van der Waals surface area contributed by atoms with Gasteiger partial charge in [0.1, 0.15) is 6.61 Å². The van der Waals surface area contributed by atoms with E-state index in [4.69, 9.17) is 32.7 Å². The fourth-order valence-electron chi connectivity index (χ4n) is 1.81. The predicted octanol–water partition coefficient (Wildman–Crippen LogP) is 4.84. The van der Waals surface area contributed by atoms with Gasteiger partial charge in [-0.1, -0.05) is 23.2 Å². The molecule has 21 heavy (non-hydrogen) atoms. The van der Waals surface area contributed by atoms with Gasteiger partial charge in [-0.3, -0.25) is 0 Å². The van der Waals surface area contributed by atoms with Crippen LogP contribution < -0.4 is 9.47 Å². The average Bonchev–Trinajstić information content (AvgIpc) is 2.48. The van der Waals surface area contributed by atoms with Gasteiger partial charge in [0.2, 0.25) is 0 Å². The molecule has 0 bridgehead atoms. The minimum Gasteiger partial charge on any atom is -0.493 e. The lowest BCUT2D eigenvalue weighted by molar-refractivity contribution is 0.273. The number of rotatable bonds is 5. The van der Waals surface area contributed by atoms with Gasteiger partial charge < -0.3 is 14.6 Å². The van der Waals surface area contributed by atoms with E-state index in [1.807, 2.05) is 0 Å². The van der Waals surface area contributed by atoms with Crippen molar-refractivity contribution in [2.24, 2.45) is 0 Å². The molecule has 0 unspecified atom stereocenters. The van der Waals surface area contributed by atoms with Crippen molar-refractivity contribution in [1.29, 1.82) is 0 Å². The third-order valence-corrected chi connectivity index (χ3v) is 4.04. The smallest absolute Gasteiger partial charge is 0.175 e. The van der Waals surface area contributed by atoms with E-state index in [2.05, 4.69) is 15.9 Å². The van der Waals surface area contributed by atoms with E-state index < -0.39 is 0 Å². The first-order valence-corrected chi connectivity index (χ1v) is 7.64. The Labute approximate surface area is 141 Å². The third kappa shape index (κ3) is 4.04. The number of methoxy groups -OCH3 is 1. The fourth-order valence-corrected chi connectivity index (χ4v) is 2.78. The van der Waals surface area contributed by atoms with Crippen LogP contribution in [-0.4, -0.2) is 12.2 Å². The van der Waals surface area contributed by atoms with Crippen molar-refractivity contribution in [1.82, 2.24) is 0 Å². The molecular weight excluding hydrogens is 379 g/mol. The molecule has 3 nitrogen and oxygen atoms in total. The molecule has 0 spiro atoms. The molecule has 1 N–H and O–H groups in total. The fraction of sp³-hybridized carbons (Fsp3) is 0.200. The van der Waals surface area contributed by atoms with Crippen LogP contribution in [0.3, 0.4) is 0 Å². The summed E-state index contributed by atoms with van der Waals surface area (Å²) < 4.78 is 11.8. The van der Waals surface area contributed by atoms with Crippen LogP contribution in [0.1, 0.15) is 11.1 Å². The number of hydrogen-bond donors (Lipinski definition) is 1. The topological polar surface area (TPSA) is 38.7 Å². The molecule has 0 amide bonds. The standard InChI is InChI=1S/C15H13BrCl2O3/c1-20-14-5-9(7-19)4-12(16)15(14)21-8-10-6-11(17)2-3-13(10)18/h2-6,19H,7-8H2,1H3. The lowest BCUT2D eigenvalue weighted by Gasteiger charge is -2.14. The second-order valence-electron chi connectivity index (χ2n) is 4.29. The van der Waals surface area contributed by atoms with E-state index in [1.54, 1.807) is 37.4 Å². The van der Waals surface area contributed by atoms with Crippen LogP contribution in [0.15, 0.2) is 34.8 Å². The number of aliphatic hydroxyl groups is 1. The van der Waals surface area contributed by atoms with Crippen molar-refractivity contribution < 1.29 is 14.6 Å². The number of aliphatic hydroxyl groups excluding tert-OH is 1. The van der Waals surface area contributed by atoms with E-state index >= 15 is 0 Å². The Morgan fingerprint density at radius 2 is 1.95 bits per heavy atom. The van der Waals surface area contributed by atoms with E-state index in [1.165, 1.54) is 0 Å². The highest BCUT2D eigenvalue weighted by molar-refractivity contribution is 9.10. The Morgan fingerprint density at radius 3 is 2.62 bits per heavy atom. The van der Waals surface area contributed by atoms with Gasteiger partial charge in [0.25, 0.3) is 0 Å². The van der Waals surface area contributed by atoms with Crippen molar-refractivity contribution in [3.05, 3.63) is 56.0 Å². The number of ether oxygens (including phenoxy) is 2. The molecule has 2 aromatic carbocycles. The molecule has 0 aliphatic heterocycles. The maximum atomic E-state index is 9.20. The summed E-state index contributed by atoms with van der Waals surface area (Å²) in [6.45, 7) is 0.183. The molecule has 6 heteroatoms. The number of hydrogen-bond acceptors (Lipinski definition) is 3. The molecule has 0 radical (unpaired) electrons. The maximum Gasteiger partial charge on any atom is 0.175 e. The number of halogens is 3. The molecule has 112 valence electrons. The van der Waals surface area contributed by atoms with Gasteiger partial charge in [0, 0.05) is 15.6 Å². The highest BCUT2D eigenvalue weighted by atomic mass is 79.9. The van der Waals surface area contributed by atoms with Gasteiger partial charge in [-0.05, 0) is 51.8 Å². The summed E-state index contributed by atoms with van der Waals surface area (Å²) in [4.78, 5) is 0. The molecule has 0 heterocycles. The SMILES string of the molecule is COc1cc(CO)cc(Br)c1OCc1cc(Cl)ccc1Cl. The Balaban J connectivity index is 2.25. The third-order valence-electron chi connectivity index (χ3n) is 2.85. The maximum absolute atomic E-state index is 9.20. The van der Waals surface area contributed by atoms with Crippen LogP contribution in [0.5, 0.6) is 11.5 Å². The molecule has 0 saturated carbocycles. The van der Waals surface area contributed by atoms with Crippen molar-refractivity contribution in [2.45, 2.75) is 13.2 Å². The van der Waals surface area contributed by atoms with Crippen LogP contribution in [0.25, 0.3) is 0 Å². The molecular formula is C15H13BrCl2O3. The van der Waals surface area contributed by atoms with Gasteiger partial charge in [-0.2, -0.15) is 0 Å². The zero-order valence-corrected chi connectivity index (χ0v) is 14.3. The first-order chi connectivity index (χ1) is 10.0. The summed E-state index contributed by atoms with van der Waals surface area (Å²) in [7, 11) is 1.54. The molecule has 0 aliphatic rings. The molecule has 0 saturated heterocycles. The Morgan fingerprint density at radius 1 is 1.19 bits per heavy atom. The molecule has 2 aromatic rings. The van der Waals surface area contributed by atoms with E-state index in [0.29, 0.717) is 26.0 Å². The molecule has 0 atom stereocenters. The van der Waals surface area contributed by atoms with Crippen molar-refractivity contribution in [3.8, 4) is 11.5 Å². The number of benzene rings is 2. The van der Waals surface area contributed by atoms with Gasteiger partial charge in [-0.25, -0.2) is 0 Å². The predicted molar refractivity (Wildman–Crippen MR) is 87.4 cm³/mol. The van der Waals surface area contributed by atoms with Crippen LogP contribution in [0.2, 0.25) is 10.0 Å². The lowest BCUT2D eigenvalue weighted by Crippen LogP contribution is -2.00. The molecule has 0 aromatic heterocycles. The first-order valence-electron chi connectivity index (χ1n) is 6.09. The van der Waals surface area contributed by atoms with Crippen molar-refractivity contribution in [3.63, 3.8) is 0 Å². The minimum atomic E-state index is -0.0740. The lowest BCUT2D eigenvalue weighted by atomic mass is 10.2. The average molecular weight is 392 g/mol. The van der Waals surface area contributed by atoms with Crippen LogP contribution >= 0.6 is 39.1 Å². The molecule has 0 aliphatic carbocycles. The van der Waals surface area contributed by atoms with Crippen molar-refractivity contribution in [2.75, 3.05) is 7.11 Å². The van der Waals surface area contributed by atoms with E-state index in [9.17, 15) is 5.11 Å². The van der Waals surface area contributed by atoms with Crippen LogP contribution in [0, 0.1) is 0 Å². The second kappa shape index (κ2) is 7.36. The Kier molecular flexibility index (Phi) is 5.76. The highest BCUT2D eigenvalue weighted by Crippen LogP contribution is 2.37. The summed E-state index contributed by atoms with van der Waals surface area (Å²) in [5.41, 5.74) is 1.51. The van der Waals surface area contributed by atoms with Gasteiger partial charge in [0.15, 0.2) is 11.5 Å². The zero-order valence-electron chi connectivity index (χ0n) is 11.2. The highest BCUT2D eigenvalue weighted by Gasteiger charge is 2.12. The first kappa shape index (κ1) is 16.4. The summed E-state index contributed by atoms with van der Waals surface area (Å²) in [5, 5.41) is 10.4. The summed E-state index contributed by atoms with van der Waals surface area (Å²) in [6.07, 6.45) is 0. The second-order valence-corrected chi connectivity index (χ2v) is 5.99. The quantitative estimate of drug-likeness (QED) is 0.792. The monoisotopic (exact) mass is 390 g/mol. The summed E-state index contributed by atoms with van der Waals surface area (Å²) >= 11 is 15.5. The van der Waals surface area contributed by atoms with E-state index in [0.717, 1.165) is 11.1 Å². The summed E-state index contributed by atoms with van der Waals surface area (Å²) in [5.74, 6) is 1.08. The largest absolute Gasteiger partial charge is 0.493 e. The van der Waals surface area contributed by atoms with Crippen LogP contribution in [-0.2, 0) is 13.2 Å². The normalized spacial score (nSPS) is 10.5. The van der Waals surface area contributed by atoms with Gasteiger partial charge in [0.05, 0.1) is 18.2 Å². The van der Waals surface area contributed by atoms with Gasteiger partial charge in [-0.15, -0.1) is 0 Å². The zero-order chi connectivity index (χ0) is 15.4. The van der Waals surface area contributed by atoms with Crippen LogP contribution in [0.4, 0.5) is 0 Å². The minimum absolute atomic E-state index is 0.0740.